The first-order valence-corrected chi connectivity index (χ1v) is 11.1. The van der Waals surface area contributed by atoms with Gasteiger partial charge in [-0.25, -0.2) is 15.0 Å². The molecule has 0 aliphatic carbocycles. The first-order chi connectivity index (χ1) is 15.4. The van der Waals surface area contributed by atoms with Gasteiger partial charge in [-0.2, -0.15) is 5.26 Å². The lowest BCUT2D eigenvalue weighted by atomic mass is 9.76. The molecule has 1 unspecified atom stereocenters. The van der Waals surface area contributed by atoms with Crippen LogP contribution in [0.1, 0.15) is 42.4 Å². The number of carbonyl (C=O) groups is 1. The van der Waals surface area contributed by atoms with E-state index < -0.39 is 0 Å². The molecular weight excluding hydrogens is 428 g/mol. The second-order valence-corrected chi connectivity index (χ2v) is 9.10. The lowest BCUT2D eigenvalue weighted by Crippen LogP contribution is -2.41. The molecule has 0 radical (unpaired) electrons. The van der Waals surface area contributed by atoms with Crippen LogP contribution in [0.2, 0.25) is 5.02 Å². The fourth-order valence-corrected chi connectivity index (χ4v) is 5.07. The molecule has 2 aliphatic rings. The fourth-order valence-electron chi connectivity index (χ4n) is 4.86. The number of piperidine rings is 1. The van der Waals surface area contributed by atoms with E-state index in [2.05, 4.69) is 32.8 Å². The number of aromatic nitrogens is 2. The number of amides is 1. The summed E-state index contributed by atoms with van der Waals surface area (Å²) in [4.78, 5) is 30.2. The molecule has 168 valence electrons. The molecule has 1 atom stereocenters. The van der Waals surface area contributed by atoms with Crippen molar-refractivity contribution in [3.05, 3.63) is 47.0 Å². The van der Waals surface area contributed by atoms with Gasteiger partial charge in [-0.3, -0.25) is 9.63 Å². The van der Waals surface area contributed by atoms with Crippen LogP contribution in [-0.2, 0) is 4.84 Å². The van der Waals surface area contributed by atoms with Crippen LogP contribution in [0.25, 0.3) is 0 Å². The van der Waals surface area contributed by atoms with Crippen molar-refractivity contribution in [1.29, 1.82) is 5.26 Å². The summed E-state index contributed by atoms with van der Waals surface area (Å²) in [5, 5.41) is 10.7. The Bertz CT molecular complexity index is 1030. The largest absolute Gasteiger partial charge is 0.369 e. The summed E-state index contributed by atoms with van der Waals surface area (Å²) < 4.78 is 0. The minimum Gasteiger partial charge on any atom is -0.369 e. The molecule has 1 amide bonds. The Kier molecular flexibility index (Phi) is 6.22. The predicted molar refractivity (Wildman–Crippen MR) is 123 cm³/mol. The normalized spacial score (nSPS) is 19.8. The van der Waals surface area contributed by atoms with E-state index in [-0.39, 0.29) is 17.1 Å². The molecule has 1 spiro atoms. The van der Waals surface area contributed by atoms with E-state index in [0.29, 0.717) is 16.6 Å². The minimum atomic E-state index is -0.375. The van der Waals surface area contributed by atoms with Crippen LogP contribution in [-0.4, -0.2) is 60.8 Å². The van der Waals surface area contributed by atoms with Crippen LogP contribution in [0.5, 0.6) is 0 Å². The van der Waals surface area contributed by atoms with Gasteiger partial charge in [0.15, 0.2) is 0 Å². The highest BCUT2D eigenvalue weighted by atomic mass is 35.5. The Hall–Kier alpha value is -2.89. The maximum absolute atomic E-state index is 12.1. The number of rotatable bonds is 4. The fraction of sp³-hybridized carbons (Fsp3) is 0.478. The van der Waals surface area contributed by atoms with Crippen LogP contribution in [0, 0.1) is 16.7 Å². The van der Waals surface area contributed by atoms with Gasteiger partial charge in [-0.05, 0) is 49.8 Å². The number of nitriles is 1. The molecule has 3 heterocycles. The van der Waals surface area contributed by atoms with Gasteiger partial charge in [0.25, 0.3) is 0 Å². The lowest BCUT2D eigenvalue weighted by molar-refractivity contribution is -0.0764. The van der Waals surface area contributed by atoms with Gasteiger partial charge >= 0.3 is 5.91 Å². The summed E-state index contributed by atoms with van der Waals surface area (Å²) in [6, 6.07) is 8.25. The number of hydroxylamine groups is 2. The standard InChI is InChI=1S/C23H27ClN6O2/c1-16-11-23(15-30(16)18-5-4-17(12-25)20(24)10-18)6-8-29(9-7-23)19-13-26-21(27-14-19)22(31)28(2)32-3/h4-5,10,13-14,16H,6-9,11,15H2,1-3H3. The average Bonchev–Trinajstić information content (AvgIpc) is 3.14. The van der Waals surface area contributed by atoms with E-state index in [1.54, 1.807) is 18.5 Å². The Morgan fingerprint density at radius 1 is 1.28 bits per heavy atom. The molecule has 1 aromatic carbocycles. The highest BCUT2D eigenvalue weighted by Crippen LogP contribution is 2.45. The summed E-state index contributed by atoms with van der Waals surface area (Å²) in [5.74, 6) is -0.257. The van der Waals surface area contributed by atoms with E-state index in [9.17, 15) is 4.79 Å². The van der Waals surface area contributed by atoms with Gasteiger partial charge in [0.2, 0.25) is 5.82 Å². The maximum atomic E-state index is 12.1. The second kappa shape index (κ2) is 8.93. The highest BCUT2D eigenvalue weighted by Gasteiger charge is 2.44. The van der Waals surface area contributed by atoms with E-state index in [4.69, 9.17) is 21.7 Å². The summed E-state index contributed by atoms with van der Waals surface area (Å²) in [6.45, 7) is 5.08. The molecule has 0 bridgehead atoms. The number of nitrogens with zero attached hydrogens (tertiary/aromatic N) is 6. The van der Waals surface area contributed by atoms with Crippen LogP contribution in [0.15, 0.2) is 30.6 Å². The molecular formula is C23H27ClN6O2. The van der Waals surface area contributed by atoms with E-state index in [1.807, 2.05) is 12.1 Å². The molecule has 2 aliphatic heterocycles. The molecule has 0 N–H and O–H groups in total. The highest BCUT2D eigenvalue weighted by molar-refractivity contribution is 6.32. The summed E-state index contributed by atoms with van der Waals surface area (Å²) in [6.07, 6.45) is 6.70. The van der Waals surface area contributed by atoms with Crippen molar-refractivity contribution >= 4 is 28.9 Å². The SMILES string of the molecule is CON(C)C(=O)c1ncc(N2CCC3(CC2)CC(C)N(c2ccc(C#N)c(Cl)c2)C3)cn1. The molecule has 32 heavy (non-hydrogen) atoms. The first-order valence-electron chi connectivity index (χ1n) is 10.7. The first kappa shape index (κ1) is 22.3. The predicted octanol–water partition coefficient (Wildman–Crippen LogP) is 3.52. The number of halogens is 1. The van der Waals surface area contributed by atoms with Crippen LogP contribution in [0.4, 0.5) is 11.4 Å². The Labute approximate surface area is 193 Å². The summed E-state index contributed by atoms with van der Waals surface area (Å²) in [7, 11) is 2.96. The molecule has 4 rings (SSSR count). The third kappa shape index (κ3) is 4.23. The summed E-state index contributed by atoms with van der Waals surface area (Å²) >= 11 is 6.28. The van der Waals surface area contributed by atoms with Crippen molar-refractivity contribution < 1.29 is 9.63 Å². The molecule has 2 saturated heterocycles. The second-order valence-electron chi connectivity index (χ2n) is 8.69. The molecule has 1 aromatic heterocycles. The number of anilines is 2. The molecule has 2 fully saturated rings. The van der Waals surface area contributed by atoms with Gasteiger partial charge in [0.1, 0.15) is 6.07 Å². The van der Waals surface area contributed by atoms with Gasteiger partial charge < -0.3 is 9.80 Å². The zero-order valence-electron chi connectivity index (χ0n) is 18.6. The summed E-state index contributed by atoms with van der Waals surface area (Å²) in [5.41, 5.74) is 2.77. The number of carbonyl (C=O) groups excluding carboxylic acids is 1. The van der Waals surface area contributed by atoms with Gasteiger partial charge in [-0.15, -0.1) is 0 Å². The zero-order valence-corrected chi connectivity index (χ0v) is 19.3. The smallest absolute Gasteiger partial charge is 0.314 e. The molecule has 0 saturated carbocycles. The molecule has 2 aromatic rings. The van der Waals surface area contributed by atoms with Crippen molar-refractivity contribution in [2.45, 2.75) is 32.2 Å². The van der Waals surface area contributed by atoms with Crippen molar-refractivity contribution in [2.75, 3.05) is 43.6 Å². The van der Waals surface area contributed by atoms with Crippen LogP contribution < -0.4 is 9.80 Å². The van der Waals surface area contributed by atoms with Crippen molar-refractivity contribution in [3.63, 3.8) is 0 Å². The number of hydrogen-bond acceptors (Lipinski definition) is 7. The van der Waals surface area contributed by atoms with Crippen molar-refractivity contribution in [2.24, 2.45) is 5.41 Å². The zero-order chi connectivity index (χ0) is 22.9. The van der Waals surface area contributed by atoms with E-state index >= 15 is 0 Å². The van der Waals surface area contributed by atoms with E-state index in [1.165, 1.54) is 14.2 Å². The lowest BCUT2D eigenvalue weighted by Gasteiger charge is -2.40. The Balaban J connectivity index is 1.41. The Morgan fingerprint density at radius 2 is 1.97 bits per heavy atom. The van der Waals surface area contributed by atoms with Gasteiger partial charge in [0, 0.05) is 38.4 Å². The van der Waals surface area contributed by atoms with Crippen LogP contribution >= 0.6 is 11.6 Å². The number of hydrogen-bond donors (Lipinski definition) is 0. The van der Waals surface area contributed by atoms with Crippen molar-refractivity contribution in [3.8, 4) is 6.07 Å². The maximum Gasteiger partial charge on any atom is 0.314 e. The van der Waals surface area contributed by atoms with E-state index in [0.717, 1.165) is 55.3 Å². The Morgan fingerprint density at radius 3 is 2.56 bits per heavy atom. The average molecular weight is 455 g/mol. The quantitative estimate of drug-likeness (QED) is 0.653. The number of benzene rings is 1. The minimum absolute atomic E-state index is 0.118. The monoisotopic (exact) mass is 454 g/mol. The third-order valence-electron chi connectivity index (χ3n) is 6.75. The third-order valence-corrected chi connectivity index (χ3v) is 7.06. The molecule has 9 heteroatoms. The van der Waals surface area contributed by atoms with Gasteiger partial charge in [0.05, 0.1) is 35.8 Å². The molecule has 8 nitrogen and oxygen atoms in total. The van der Waals surface area contributed by atoms with Crippen molar-refractivity contribution in [1.82, 2.24) is 15.0 Å². The topological polar surface area (TPSA) is 85.6 Å². The van der Waals surface area contributed by atoms with Crippen LogP contribution in [0.3, 0.4) is 0 Å². The van der Waals surface area contributed by atoms with Gasteiger partial charge in [-0.1, -0.05) is 11.6 Å².